The average Bonchev–Trinajstić information content (AvgIpc) is 3.09. The number of benzene rings is 2. The Kier molecular flexibility index (Phi) is 4.34. The molecule has 10 heteroatoms. The number of imide groups is 2. The summed E-state index contributed by atoms with van der Waals surface area (Å²) < 4.78 is 13.2. The van der Waals surface area contributed by atoms with Crippen molar-refractivity contribution in [2.45, 2.75) is 12.5 Å². The van der Waals surface area contributed by atoms with E-state index in [4.69, 9.17) is 4.84 Å². The van der Waals surface area contributed by atoms with E-state index in [9.17, 15) is 28.4 Å². The number of urea groups is 1. The smallest absolute Gasteiger partial charge is 0.328 e. The summed E-state index contributed by atoms with van der Waals surface area (Å²) in [5.41, 5.74) is -1.04. The summed E-state index contributed by atoms with van der Waals surface area (Å²) in [5.74, 6) is -4.08. The summed E-state index contributed by atoms with van der Waals surface area (Å²) in [6.07, 6.45) is 0. The number of fused-ring (bicyclic) bond motifs is 1. The first-order valence-corrected chi connectivity index (χ1v) is 8.81. The molecule has 0 aliphatic carbocycles. The topological polar surface area (TPSA) is 113 Å². The third-order valence-corrected chi connectivity index (χ3v) is 4.93. The number of nitrogens with zero attached hydrogens (tertiary/aromatic N) is 2. The summed E-state index contributed by atoms with van der Waals surface area (Å²) >= 11 is 0. The summed E-state index contributed by atoms with van der Waals surface area (Å²) in [7, 11) is 0. The third-order valence-electron chi connectivity index (χ3n) is 4.93. The van der Waals surface area contributed by atoms with Crippen molar-refractivity contribution in [2.75, 3.05) is 6.54 Å². The van der Waals surface area contributed by atoms with E-state index >= 15 is 0 Å². The number of halogens is 1. The maximum absolute atomic E-state index is 13.2. The quantitative estimate of drug-likeness (QED) is 0.600. The highest BCUT2D eigenvalue weighted by Crippen LogP contribution is 2.29. The molecule has 2 aromatic carbocycles. The van der Waals surface area contributed by atoms with Crippen molar-refractivity contribution in [3.05, 3.63) is 71.0 Å². The average molecular weight is 411 g/mol. The molecule has 2 aliphatic rings. The van der Waals surface area contributed by atoms with E-state index in [0.29, 0.717) is 15.5 Å². The predicted molar refractivity (Wildman–Crippen MR) is 97.0 cm³/mol. The lowest BCUT2D eigenvalue weighted by molar-refractivity contribution is -0.170. The van der Waals surface area contributed by atoms with Crippen LogP contribution in [0.25, 0.3) is 0 Å². The van der Waals surface area contributed by atoms with E-state index < -0.39 is 47.6 Å². The second-order valence-electron chi connectivity index (χ2n) is 6.87. The monoisotopic (exact) mass is 411 g/mol. The molecule has 0 aromatic heterocycles. The highest BCUT2D eigenvalue weighted by molar-refractivity contribution is 6.21. The van der Waals surface area contributed by atoms with E-state index in [1.807, 2.05) is 0 Å². The Morgan fingerprint density at radius 3 is 2.13 bits per heavy atom. The van der Waals surface area contributed by atoms with Gasteiger partial charge in [-0.2, -0.15) is 0 Å². The molecule has 0 spiro atoms. The molecule has 0 saturated carbocycles. The Morgan fingerprint density at radius 2 is 1.57 bits per heavy atom. The first kappa shape index (κ1) is 19.2. The Bertz CT molecular complexity index is 1080. The van der Waals surface area contributed by atoms with Crippen molar-refractivity contribution in [2.24, 2.45) is 0 Å². The first-order chi connectivity index (χ1) is 14.2. The van der Waals surface area contributed by atoms with Gasteiger partial charge in [0.1, 0.15) is 17.9 Å². The molecule has 2 aromatic rings. The molecule has 152 valence electrons. The molecule has 1 N–H and O–H groups in total. The highest BCUT2D eigenvalue weighted by Gasteiger charge is 2.50. The second-order valence-corrected chi connectivity index (χ2v) is 6.87. The minimum Gasteiger partial charge on any atom is -0.328 e. The van der Waals surface area contributed by atoms with Crippen molar-refractivity contribution in [1.29, 1.82) is 0 Å². The standard InChI is InChI=1S/C20H14FN3O6/c1-20(11-6-8-12(21)9-7-11)18(28)23(19(29)22-20)10-15(25)30-24-16(26)13-4-2-3-5-14(13)17(24)27/h2-9H,10H2,1H3,(H,22,29). The van der Waals surface area contributed by atoms with Crippen LogP contribution < -0.4 is 5.32 Å². The van der Waals surface area contributed by atoms with Crippen molar-refractivity contribution in [3.8, 4) is 0 Å². The zero-order valence-corrected chi connectivity index (χ0v) is 15.5. The van der Waals surface area contributed by atoms with Crippen LogP contribution in [0, 0.1) is 5.82 Å². The van der Waals surface area contributed by atoms with Crippen molar-refractivity contribution in [3.63, 3.8) is 0 Å². The molecule has 5 amide bonds. The number of carbonyl (C=O) groups excluding carboxylic acids is 5. The molecule has 1 saturated heterocycles. The van der Waals surface area contributed by atoms with Crippen molar-refractivity contribution < 1.29 is 33.2 Å². The van der Waals surface area contributed by atoms with E-state index in [1.165, 1.54) is 31.2 Å². The lowest BCUT2D eigenvalue weighted by Gasteiger charge is -2.22. The van der Waals surface area contributed by atoms with Crippen LogP contribution in [0.5, 0.6) is 0 Å². The van der Waals surface area contributed by atoms with E-state index in [2.05, 4.69) is 5.32 Å². The van der Waals surface area contributed by atoms with Crippen LogP contribution in [0.4, 0.5) is 9.18 Å². The molecule has 1 fully saturated rings. The van der Waals surface area contributed by atoms with Gasteiger partial charge in [-0.1, -0.05) is 29.3 Å². The van der Waals surface area contributed by atoms with Gasteiger partial charge in [0, 0.05) is 0 Å². The Morgan fingerprint density at radius 1 is 1.00 bits per heavy atom. The van der Waals surface area contributed by atoms with Gasteiger partial charge in [-0.15, -0.1) is 0 Å². The van der Waals surface area contributed by atoms with Gasteiger partial charge in [0.15, 0.2) is 0 Å². The van der Waals surface area contributed by atoms with E-state index in [-0.39, 0.29) is 11.1 Å². The molecule has 0 radical (unpaired) electrons. The molecular formula is C20H14FN3O6. The summed E-state index contributed by atoms with van der Waals surface area (Å²) in [5, 5.41) is 2.75. The lowest BCUT2D eigenvalue weighted by Crippen LogP contribution is -2.43. The van der Waals surface area contributed by atoms with Crippen LogP contribution in [0.15, 0.2) is 48.5 Å². The van der Waals surface area contributed by atoms with Gasteiger partial charge in [-0.3, -0.25) is 19.3 Å². The largest absolute Gasteiger partial charge is 0.353 e. The minimum atomic E-state index is -1.51. The maximum atomic E-state index is 13.2. The van der Waals surface area contributed by atoms with Gasteiger partial charge in [0.25, 0.3) is 17.7 Å². The number of carbonyl (C=O) groups is 5. The number of amides is 5. The molecule has 30 heavy (non-hydrogen) atoms. The highest BCUT2D eigenvalue weighted by atomic mass is 19.1. The minimum absolute atomic E-state index is 0.0779. The number of hydrogen-bond acceptors (Lipinski definition) is 6. The molecule has 9 nitrogen and oxygen atoms in total. The van der Waals surface area contributed by atoms with Crippen LogP contribution in [-0.4, -0.2) is 46.2 Å². The second kappa shape index (κ2) is 6.76. The Hall–Kier alpha value is -4.08. The molecule has 4 rings (SSSR count). The number of rotatable bonds is 4. The number of hydrogen-bond donors (Lipinski definition) is 1. The molecular weight excluding hydrogens is 397 g/mol. The van der Waals surface area contributed by atoms with Crippen LogP contribution in [0.3, 0.4) is 0 Å². The lowest BCUT2D eigenvalue weighted by atomic mass is 9.92. The molecule has 2 aliphatic heterocycles. The van der Waals surface area contributed by atoms with Gasteiger partial charge < -0.3 is 10.2 Å². The molecule has 0 bridgehead atoms. The Balaban J connectivity index is 1.48. The zero-order valence-electron chi connectivity index (χ0n) is 15.5. The normalized spacial score (nSPS) is 20.5. The summed E-state index contributed by atoms with van der Waals surface area (Å²) in [4.78, 5) is 67.3. The fourth-order valence-electron chi connectivity index (χ4n) is 3.33. The maximum Gasteiger partial charge on any atom is 0.353 e. The molecule has 2 heterocycles. The van der Waals surface area contributed by atoms with Crippen LogP contribution in [0.2, 0.25) is 0 Å². The fraction of sp³-hybridized carbons (Fsp3) is 0.150. The Labute approximate surface area is 169 Å². The van der Waals surface area contributed by atoms with Crippen molar-refractivity contribution >= 4 is 29.7 Å². The van der Waals surface area contributed by atoms with Crippen molar-refractivity contribution in [1.82, 2.24) is 15.3 Å². The molecule has 1 unspecified atom stereocenters. The molecule has 1 atom stereocenters. The van der Waals surface area contributed by atoms with Gasteiger partial charge in [0.05, 0.1) is 11.1 Å². The van der Waals surface area contributed by atoms with Gasteiger partial charge in [0.2, 0.25) is 0 Å². The number of hydroxylamine groups is 2. The zero-order chi connectivity index (χ0) is 21.6. The predicted octanol–water partition coefficient (Wildman–Crippen LogP) is 1.35. The SMILES string of the molecule is CC1(c2ccc(F)cc2)NC(=O)N(CC(=O)ON2C(=O)c3ccccc3C2=O)C1=O. The van der Waals surface area contributed by atoms with Crippen LogP contribution >= 0.6 is 0 Å². The van der Waals surface area contributed by atoms with Gasteiger partial charge in [-0.25, -0.2) is 14.0 Å². The first-order valence-electron chi connectivity index (χ1n) is 8.81. The fourth-order valence-corrected chi connectivity index (χ4v) is 3.33. The van der Waals surface area contributed by atoms with E-state index in [0.717, 1.165) is 12.1 Å². The van der Waals surface area contributed by atoms with Gasteiger partial charge >= 0.3 is 12.0 Å². The van der Waals surface area contributed by atoms with E-state index in [1.54, 1.807) is 12.1 Å². The van der Waals surface area contributed by atoms with Crippen LogP contribution in [0.1, 0.15) is 33.2 Å². The summed E-state index contributed by atoms with van der Waals surface area (Å²) in [6.45, 7) is 0.588. The summed E-state index contributed by atoms with van der Waals surface area (Å²) in [6, 6.07) is 10.0. The number of nitrogens with one attached hydrogen (secondary N) is 1. The van der Waals surface area contributed by atoms with Gasteiger partial charge in [-0.05, 0) is 36.8 Å². The van der Waals surface area contributed by atoms with Crippen LogP contribution in [-0.2, 0) is 20.0 Å². The third kappa shape index (κ3) is 2.89.